The van der Waals surface area contributed by atoms with Gasteiger partial charge in [-0.3, -0.25) is 0 Å². The lowest BCUT2D eigenvalue weighted by molar-refractivity contribution is -0.153. The van der Waals surface area contributed by atoms with Crippen LogP contribution in [-0.2, 0) is 6.42 Å². The molecule has 0 amide bonds. The molecule has 51 heavy (non-hydrogen) atoms. The highest BCUT2D eigenvalue weighted by atomic mass is 16.7. The topological polar surface area (TPSA) is 65.4 Å². The summed E-state index contributed by atoms with van der Waals surface area (Å²) in [5, 5.41) is 24.2. The second-order valence-electron chi connectivity index (χ2n) is 16.5. The normalized spacial score (nSPS) is 21.6. The Hall–Kier alpha value is -4.00. The van der Waals surface area contributed by atoms with Gasteiger partial charge >= 0.3 is 0 Å². The number of aryl methyl sites for hydroxylation is 2. The summed E-state index contributed by atoms with van der Waals surface area (Å²) < 4.78 is 12.9. The molecule has 2 aliphatic rings. The standard InChI is InChI=1S/C45H58N2O4/c1-11-44(48,46-40-23-13-30(3)25-38(40)32(5)28-42(46,7)8)50-36-19-15-34(16-20-36)27-35-17-21-37(22-18-35)51-45(49,12-2)47-41-24-14-31(4)26-39(41)33(6)29-43(47,9)10/h13-26,32-33,48-49H,11-12,27-29H2,1-10H3. The highest BCUT2D eigenvalue weighted by Crippen LogP contribution is 2.49. The van der Waals surface area contributed by atoms with Gasteiger partial charge in [-0.1, -0.05) is 87.4 Å². The van der Waals surface area contributed by atoms with Crippen molar-refractivity contribution in [3.8, 4) is 11.5 Å². The second-order valence-corrected chi connectivity index (χ2v) is 16.5. The zero-order valence-electron chi connectivity index (χ0n) is 32.4. The third-order valence-electron chi connectivity index (χ3n) is 11.2. The molecule has 6 nitrogen and oxygen atoms in total. The average Bonchev–Trinajstić information content (AvgIpc) is 3.06. The Morgan fingerprint density at radius 3 is 1.29 bits per heavy atom. The van der Waals surface area contributed by atoms with Crippen LogP contribution in [0.2, 0.25) is 0 Å². The van der Waals surface area contributed by atoms with Crippen LogP contribution in [0.5, 0.6) is 11.5 Å². The van der Waals surface area contributed by atoms with E-state index in [-0.39, 0.29) is 11.1 Å². The van der Waals surface area contributed by atoms with Crippen LogP contribution in [0.3, 0.4) is 0 Å². The van der Waals surface area contributed by atoms with Gasteiger partial charge in [-0.25, -0.2) is 0 Å². The molecule has 4 atom stereocenters. The van der Waals surface area contributed by atoms with E-state index in [9.17, 15) is 10.2 Å². The van der Waals surface area contributed by atoms with Crippen LogP contribution in [0, 0.1) is 13.8 Å². The molecule has 4 aromatic carbocycles. The molecule has 0 aliphatic carbocycles. The lowest BCUT2D eigenvalue weighted by Crippen LogP contribution is -2.63. The molecule has 6 rings (SSSR count). The number of hydrogen-bond acceptors (Lipinski definition) is 6. The van der Waals surface area contributed by atoms with Gasteiger partial charge in [0, 0.05) is 35.3 Å². The molecule has 0 fully saturated rings. The van der Waals surface area contributed by atoms with Gasteiger partial charge in [0.1, 0.15) is 11.5 Å². The Bertz CT molecular complexity index is 1710. The smallest absolute Gasteiger partial charge is 0.292 e. The van der Waals surface area contributed by atoms with Crippen molar-refractivity contribution in [3.05, 3.63) is 118 Å². The Balaban J connectivity index is 1.16. The van der Waals surface area contributed by atoms with Crippen molar-refractivity contribution in [1.82, 2.24) is 0 Å². The van der Waals surface area contributed by atoms with Crippen molar-refractivity contribution < 1.29 is 19.7 Å². The number of anilines is 2. The fraction of sp³-hybridized carbons (Fsp3) is 0.467. The monoisotopic (exact) mass is 690 g/mol. The maximum atomic E-state index is 12.1. The number of nitrogens with zero attached hydrogens (tertiary/aromatic N) is 2. The zero-order valence-corrected chi connectivity index (χ0v) is 32.4. The number of ether oxygens (including phenoxy) is 2. The van der Waals surface area contributed by atoms with E-state index in [4.69, 9.17) is 9.47 Å². The van der Waals surface area contributed by atoms with Crippen molar-refractivity contribution in [2.45, 2.75) is 136 Å². The molecule has 0 saturated heterocycles. The maximum Gasteiger partial charge on any atom is 0.292 e. The highest BCUT2D eigenvalue weighted by molar-refractivity contribution is 5.63. The zero-order chi connectivity index (χ0) is 36.9. The molecule has 0 spiro atoms. The minimum absolute atomic E-state index is 0.304. The number of fused-ring (bicyclic) bond motifs is 2. The predicted octanol–water partition coefficient (Wildman–Crippen LogP) is 10.3. The molecule has 4 aromatic rings. The van der Waals surface area contributed by atoms with E-state index in [0.29, 0.717) is 36.2 Å². The number of benzene rings is 4. The van der Waals surface area contributed by atoms with Crippen molar-refractivity contribution in [3.63, 3.8) is 0 Å². The molecule has 0 bridgehead atoms. The molecule has 2 heterocycles. The summed E-state index contributed by atoms with van der Waals surface area (Å²) in [6, 6.07) is 29.0. The van der Waals surface area contributed by atoms with E-state index < -0.39 is 11.8 Å². The Labute approximate surface area is 306 Å². The molecule has 0 aromatic heterocycles. The third-order valence-corrected chi connectivity index (χ3v) is 11.2. The molecule has 0 saturated carbocycles. The van der Waals surface area contributed by atoms with E-state index in [1.165, 1.54) is 22.3 Å². The highest BCUT2D eigenvalue weighted by Gasteiger charge is 2.49. The first kappa shape index (κ1) is 36.8. The lowest BCUT2D eigenvalue weighted by atomic mass is 9.79. The average molecular weight is 691 g/mol. The van der Waals surface area contributed by atoms with Gasteiger partial charge in [-0.05, 0) is 131 Å². The molecule has 4 unspecified atom stereocenters. The Morgan fingerprint density at radius 2 is 0.961 bits per heavy atom. The molecular formula is C45H58N2O4. The summed E-state index contributed by atoms with van der Waals surface area (Å²) in [6.07, 6.45) is 3.37. The van der Waals surface area contributed by atoms with Crippen LogP contribution in [-0.4, -0.2) is 33.1 Å². The second kappa shape index (κ2) is 13.5. The Kier molecular flexibility index (Phi) is 9.75. The summed E-state index contributed by atoms with van der Waals surface area (Å²) in [5.41, 5.74) is 8.66. The van der Waals surface area contributed by atoms with Crippen LogP contribution < -0.4 is 19.3 Å². The van der Waals surface area contributed by atoms with Gasteiger partial charge in [-0.15, -0.1) is 0 Å². The summed E-state index contributed by atoms with van der Waals surface area (Å²) in [7, 11) is 0. The fourth-order valence-electron chi connectivity index (χ4n) is 8.94. The number of hydrogen-bond donors (Lipinski definition) is 2. The first-order chi connectivity index (χ1) is 24.0. The van der Waals surface area contributed by atoms with E-state index in [2.05, 4.69) is 126 Å². The van der Waals surface area contributed by atoms with Crippen LogP contribution in [0.1, 0.15) is 126 Å². The van der Waals surface area contributed by atoms with Crippen molar-refractivity contribution in [2.75, 3.05) is 9.80 Å². The van der Waals surface area contributed by atoms with Crippen LogP contribution >= 0.6 is 0 Å². The van der Waals surface area contributed by atoms with E-state index in [1.807, 2.05) is 38.1 Å². The Morgan fingerprint density at radius 1 is 0.608 bits per heavy atom. The van der Waals surface area contributed by atoms with Crippen molar-refractivity contribution in [1.29, 1.82) is 0 Å². The molecule has 272 valence electrons. The van der Waals surface area contributed by atoms with Gasteiger partial charge in [0.05, 0.1) is 0 Å². The summed E-state index contributed by atoms with van der Waals surface area (Å²) >= 11 is 0. The quantitative estimate of drug-likeness (QED) is 0.162. The van der Waals surface area contributed by atoms with Gasteiger partial charge in [0.25, 0.3) is 11.8 Å². The first-order valence-electron chi connectivity index (χ1n) is 18.8. The van der Waals surface area contributed by atoms with Crippen molar-refractivity contribution in [2.24, 2.45) is 0 Å². The molecule has 0 radical (unpaired) electrons. The predicted molar refractivity (Wildman–Crippen MR) is 209 cm³/mol. The van der Waals surface area contributed by atoms with Crippen LogP contribution in [0.25, 0.3) is 0 Å². The van der Waals surface area contributed by atoms with E-state index in [1.54, 1.807) is 0 Å². The number of rotatable bonds is 10. The number of aliphatic hydroxyl groups is 2. The minimum Gasteiger partial charge on any atom is -0.444 e. The molecule has 6 heteroatoms. The maximum absolute atomic E-state index is 12.1. The van der Waals surface area contributed by atoms with Crippen LogP contribution in [0.4, 0.5) is 11.4 Å². The minimum atomic E-state index is -1.51. The molecule has 2 N–H and O–H groups in total. The van der Waals surface area contributed by atoms with Gasteiger partial charge in [0.15, 0.2) is 0 Å². The summed E-state index contributed by atoms with van der Waals surface area (Å²) in [4.78, 5) is 4.16. The summed E-state index contributed by atoms with van der Waals surface area (Å²) in [6.45, 7) is 21.5. The first-order valence-corrected chi connectivity index (χ1v) is 18.8. The molecule has 2 aliphatic heterocycles. The summed E-state index contributed by atoms with van der Waals surface area (Å²) in [5.74, 6) is -0.987. The van der Waals surface area contributed by atoms with Gasteiger partial charge < -0.3 is 29.5 Å². The molecular weight excluding hydrogens is 633 g/mol. The van der Waals surface area contributed by atoms with Gasteiger partial charge in [-0.2, -0.15) is 0 Å². The van der Waals surface area contributed by atoms with E-state index in [0.717, 1.165) is 41.8 Å². The van der Waals surface area contributed by atoms with Gasteiger partial charge in [0.2, 0.25) is 0 Å². The lowest BCUT2D eigenvalue weighted by Gasteiger charge is -2.53. The van der Waals surface area contributed by atoms with Crippen molar-refractivity contribution >= 4 is 11.4 Å². The largest absolute Gasteiger partial charge is 0.444 e. The van der Waals surface area contributed by atoms with E-state index >= 15 is 0 Å². The third kappa shape index (κ3) is 7.10. The fourth-order valence-corrected chi connectivity index (χ4v) is 8.94. The SMILES string of the molecule is CCC(O)(Oc1ccc(Cc2ccc(OC(O)(CC)N3c4ccc(C)cc4C(C)CC3(C)C)cc2)cc1)N1c2ccc(C)cc2C(C)CC1(C)C. The van der Waals surface area contributed by atoms with Crippen LogP contribution in [0.15, 0.2) is 84.9 Å².